The Morgan fingerprint density at radius 3 is 2.53 bits per heavy atom. The molecule has 3 N–H and O–H groups in total. The topological polar surface area (TPSA) is 114 Å². The van der Waals surface area contributed by atoms with Gasteiger partial charge in [0.25, 0.3) is 0 Å². The van der Waals surface area contributed by atoms with Crippen molar-refractivity contribution in [2.75, 3.05) is 6.61 Å². The number of thioether (sulfide) groups is 1. The molecule has 8 nitrogen and oxygen atoms in total. The predicted molar refractivity (Wildman–Crippen MR) is 115 cm³/mol. The largest absolute Gasteiger partial charge is 0.394 e. The molecule has 1 saturated heterocycles. The first-order chi connectivity index (χ1) is 15.3. The molecule has 170 valence electrons. The number of nitrogens with zero attached hydrogens (tertiary/aromatic N) is 4. The maximum atomic E-state index is 13.8. The van der Waals surface area contributed by atoms with Crippen LogP contribution in [-0.4, -0.2) is 65.7 Å². The van der Waals surface area contributed by atoms with Crippen molar-refractivity contribution in [2.45, 2.75) is 34.7 Å². The van der Waals surface area contributed by atoms with E-state index in [0.29, 0.717) is 4.90 Å². The number of ether oxygens (including phenoxy) is 1. The highest BCUT2D eigenvalue weighted by Gasteiger charge is 2.46. The minimum Gasteiger partial charge on any atom is -0.394 e. The second-order valence-corrected chi connectivity index (χ2v) is 9.46. The fourth-order valence-electron chi connectivity index (χ4n) is 3.33. The lowest BCUT2D eigenvalue weighted by Crippen LogP contribution is -2.55. The number of aliphatic hydroxyl groups is 3. The number of rotatable bonds is 5. The van der Waals surface area contributed by atoms with Gasteiger partial charge in [-0.05, 0) is 34.1 Å². The highest BCUT2D eigenvalue weighted by Crippen LogP contribution is 2.38. The number of hydrogen-bond donors (Lipinski definition) is 3. The van der Waals surface area contributed by atoms with E-state index in [1.165, 1.54) is 10.9 Å². The monoisotopic (exact) mass is 548 g/mol. The molecule has 2 unspecified atom stereocenters. The highest BCUT2D eigenvalue weighted by atomic mass is 79.9. The summed E-state index contributed by atoms with van der Waals surface area (Å²) < 4.78 is 35.3. The molecule has 0 saturated carbocycles. The van der Waals surface area contributed by atoms with E-state index in [2.05, 4.69) is 31.2 Å². The summed E-state index contributed by atoms with van der Waals surface area (Å²) in [6, 6.07) is 2.73. The van der Waals surface area contributed by atoms with Crippen LogP contribution in [0.15, 0.2) is 46.2 Å². The van der Waals surface area contributed by atoms with Crippen molar-refractivity contribution in [3.8, 4) is 11.3 Å². The van der Waals surface area contributed by atoms with Crippen LogP contribution in [0.3, 0.4) is 0 Å². The van der Waals surface area contributed by atoms with Crippen LogP contribution in [0.4, 0.5) is 8.78 Å². The third kappa shape index (κ3) is 4.67. The maximum Gasteiger partial charge on any atom is 0.145 e. The van der Waals surface area contributed by atoms with Gasteiger partial charge >= 0.3 is 0 Å². The average Bonchev–Trinajstić information content (AvgIpc) is 3.23. The molecule has 13 heteroatoms. The summed E-state index contributed by atoms with van der Waals surface area (Å²) in [4.78, 5) is 4.74. The fourth-order valence-corrected chi connectivity index (χ4v) is 5.04. The van der Waals surface area contributed by atoms with Gasteiger partial charge in [0.2, 0.25) is 0 Å². The Morgan fingerprint density at radius 1 is 1.16 bits per heavy atom. The second kappa shape index (κ2) is 9.67. The Bertz CT molecular complexity index is 1100. The quantitative estimate of drug-likeness (QED) is 0.417. The Hall–Kier alpha value is -1.67. The van der Waals surface area contributed by atoms with Crippen LogP contribution < -0.4 is 0 Å². The van der Waals surface area contributed by atoms with Crippen LogP contribution in [0, 0.1) is 11.6 Å². The van der Waals surface area contributed by atoms with Gasteiger partial charge in [0.05, 0.1) is 12.8 Å². The smallest absolute Gasteiger partial charge is 0.145 e. The van der Waals surface area contributed by atoms with Crippen LogP contribution in [0.2, 0.25) is 5.02 Å². The number of aliphatic hydroxyl groups excluding tert-OH is 3. The molecule has 0 aliphatic carbocycles. The summed E-state index contributed by atoms with van der Waals surface area (Å²) in [5.41, 5.74) is -0.697. The zero-order chi connectivity index (χ0) is 23.0. The average molecular weight is 550 g/mol. The Morgan fingerprint density at radius 2 is 1.88 bits per heavy atom. The lowest BCUT2D eigenvalue weighted by Gasteiger charge is -2.41. The van der Waals surface area contributed by atoms with Crippen molar-refractivity contribution in [3.63, 3.8) is 0 Å². The molecule has 0 bridgehead atoms. The molecular weight excluding hydrogens is 534 g/mol. The molecule has 0 radical (unpaired) electrons. The van der Waals surface area contributed by atoms with Gasteiger partial charge in [0, 0.05) is 27.3 Å². The summed E-state index contributed by atoms with van der Waals surface area (Å²) in [5.74, 6) is -1.91. The number of hydrogen-bond acceptors (Lipinski definition) is 8. The van der Waals surface area contributed by atoms with E-state index >= 15 is 0 Å². The summed E-state index contributed by atoms with van der Waals surface area (Å²) >= 11 is 10.00. The number of aromatic nitrogens is 4. The first kappa shape index (κ1) is 23.5. The van der Waals surface area contributed by atoms with Crippen LogP contribution in [-0.2, 0) is 4.74 Å². The highest BCUT2D eigenvalue weighted by molar-refractivity contribution is 9.10. The molecule has 32 heavy (non-hydrogen) atoms. The molecule has 1 aliphatic rings. The lowest BCUT2D eigenvalue weighted by atomic mass is 9.97. The van der Waals surface area contributed by atoms with Crippen LogP contribution in [0.25, 0.3) is 11.3 Å². The zero-order valence-electron chi connectivity index (χ0n) is 16.0. The Labute approximate surface area is 198 Å². The number of halogens is 4. The van der Waals surface area contributed by atoms with E-state index in [1.54, 1.807) is 18.5 Å². The third-order valence-electron chi connectivity index (χ3n) is 4.88. The van der Waals surface area contributed by atoms with E-state index < -0.39 is 53.1 Å². The van der Waals surface area contributed by atoms with E-state index in [0.717, 1.165) is 28.4 Å². The second-order valence-electron chi connectivity index (χ2n) is 6.99. The maximum absolute atomic E-state index is 13.8. The summed E-state index contributed by atoms with van der Waals surface area (Å²) in [6.45, 7) is -0.507. The number of pyridine rings is 1. The normalized spacial score (nSPS) is 25.8. The third-order valence-corrected chi connectivity index (χ3v) is 6.79. The van der Waals surface area contributed by atoms with E-state index in [4.69, 9.17) is 16.3 Å². The van der Waals surface area contributed by atoms with Gasteiger partial charge in [-0.2, -0.15) is 0 Å². The molecule has 2 aromatic heterocycles. The van der Waals surface area contributed by atoms with Crippen LogP contribution in [0.5, 0.6) is 0 Å². The van der Waals surface area contributed by atoms with Crippen molar-refractivity contribution in [2.24, 2.45) is 0 Å². The van der Waals surface area contributed by atoms with Crippen molar-refractivity contribution in [1.82, 2.24) is 20.0 Å². The minimum atomic E-state index is -1.33. The molecule has 4 rings (SSSR count). The molecule has 0 spiro atoms. The molecule has 0 amide bonds. The van der Waals surface area contributed by atoms with Crippen molar-refractivity contribution < 1.29 is 28.8 Å². The Balaban J connectivity index is 1.64. The summed E-state index contributed by atoms with van der Waals surface area (Å²) in [7, 11) is 0. The molecule has 5 atom stereocenters. The molecule has 1 aliphatic heterocycles. The van der Waals surface area contributed by atoms with Crippen molar-refractivity contribution in [1.29, 1.82) is 0 Å². The first-order valence-electron chi connectivity index (χ1n) is 9.25. The van der Waals surface area contributed by atoms with Gasteiger partial charge in [0.1, 0.15) is 52.1 Å². The van der Waals surface area contributed by atoms with Crippen molar-refractivity contribution >= 4 is 39.3 Å². The van der Waals surface area contributed by atoms with Gasteiger partial charge in [-0.1, -0.05) is 28.6 Å². The zero-order valence-corrected chi connectivity index (χ0v) is 19.2. The van der Waals surface area contributed by atoms with Crippen LogP contribution >= 0.6 is 39.3 Å². The predicted octanol–water partition coefficient (Wildman–Crippen LogP) is 2.81. The van der Waals surface area contributed by atoms with Crippen molar-refractivity contribution in [3.05, 3.63) is 57.9 Å². The lowest BCUT2D eigenvalue weighted by molar-refractivity contribution is -0.178. The summed E-state index contributed by atoms with van der Waals surface area (Å²) in [6.07, 6.45) is 0.896. The Kier molecular flexibility index (Phi) is 7.10. The van der Waals surface area contributed by atoms with Gasteiger partial charge in [-0.25, -0.2) is 13.5 Å². The first-order valence-corrected chi connectivity index (χ1v) is 11.3. The molecule has 1 fully saturated rings. The molecule has 3 aromatic rings. The van der Waals surface area contributed by atoms with Gasteiger partial charge in [0.15, 0.2) is 0 Å². The van der Waals surface area contributed by atoms with Gasteiger partial charge < -0.3 is 20.1 Å². The van der Waals surface area contributed by atoms with E-state index in [1.807, 2.05) is 0 Å². The molecule has 3 heterocycles. The fraction of sp³-hybridized carbons (Fsp3) is 0.316. The number of benzene rings is 1. The minimum absolute atomic E-state index is 0.0801. The molecule has 1 aromatic carbocycles. The standard InChI is InChI=1S/C19H16BrClF2N4O4S/c20-9-3-10(5-24-4-9)32-19-18(30)16(17(29)14(7-28)31-19)27-6-13(25-26-27)8-1-11(22)15(21)12(23)2-8/h1-6,14,16-19,28-30H,7H2/t14?,16-,17-,18?,19+/m0/s1. The summed E-state index contributed by atoms with van der Waals surface area (Å²) in [5, 5.41) is 38.5. The molecular formula is C19H16BrClF2N4O4S. The van der Waals surface area contributed by atoms with E-state index in [-0.39, 0.29) is 11.3 Å². The van der Waals surface area contributed by atoms with Gasteiger partial charge in [-0.15, -0.1) is 5.10 Å². The van der Waals surface area contributed by atoms with E-state index in [9.17, 15) is 24.1 Å². The van der Waals surface area contributed by atoms with Crippen LogP contribution in [0.1, 0.15) is 6.04 Å². The SMILES string of the molecule is OCC1O[C@H](Sc2cncc(Br)c2)C(O)[C@@H](n2cc(-c3cc(F)c(Cl)c(F)c3)nn2)[C@H]1O. The van der Waals surface area contributed by atoms with Gasteiger partial charge in [-0.3, -0.25) is 4.98 Å².